The highest BCUT2D eigenvalue weighted by Gasteiger charge is 2.22. The third-order valence-electron chi connectivity index (χ3n) is 15.4. The SMILES string of the molecule is CCCCCCCCCCCCCCCCCCCCCCCCCCCCCCCC(=O)OC(COC(=O)CCCCCCCCCCCCCCCCCCCCCCC)COC(OCC[N+](C)(C)C)C(=O)[O-]. The van der Waals surface area contributed by atoms with E-state index in [9.17, 15) is 19.5 Å². The number of carbonyl (C=O) groups is 3. The Morgan fingerprint density at radius 2 is 0.600 bits per heavy atom. The van der Waals surface area contributed by atoms with Crippen LogP contribution in [0.25, 0.3) is 0 Å². The smallest absolute Gasteiger partial charge is 0.306 e. The Labute approximate surface area is 466 Å². The molecule has 0 aliphatic rings. The molecular formula is C66H129NO8. The average Bonchev–Trinajstić information content (AvgIpc) is 3.38. The molecule has 0 heterocycles. The molecule has 9 heteroatoms. The van der Waals surface area contributed by atoms with E-state index in [0.29, 0.717) is 17.4 Å². The number of aliphatic carboxylic acids is 1. The molecule has 0 aliphatic heterocycles. The van der Waals surface area contributed by atoms with E-state index in [1.165, 1.54) is 283 Å². The molecule has 9 nitrogen and oxygen atoms in total. The quantitative estimate of drug-likeness (QED) is 0.0256. The number of hydrogen-bond acceptors (Lipinski definition) is 8. The van der Waals surface area contributed by atoms with Gasteiger partial charge in [0, 0.05) is 12.8 Å². The van der Waals surface area contributed by atoms with Crippen molar-refractivity contribution >= 4 is 17.9 Å². The molecule has 0 radical (unpaired) electrons. The van der Waals surface area contributed by atoms with Crippen LogP contribution in [-0.2, 0) is 33.3 Å². The Morgan fingerprint density at radius 3 is 0.853 bits per heavy atom. The van der Waals surface area contributed by atoms with Crippen molar-refractivity contribution in [2.45, 2.75) is 360 Å². The maximum Gasteiger partial charge on any atom is 0.306 e. The van der Waals surface area contributed by atoms with Crippen LogP contribution < -0.4 is 5.11 Å². The second-order valence-corrected chi connectivity index (χ2v) is 24.1. The van der Waals surface area contributed by atoms with Crippen LogP contribution in [-0.4, -0.2) is 82.3 Å². The van der Waals surface area contributed by atoms with Crippen LogP contribution in [0, 0.1) is 0 Å². The molecule has 0 fully saturated rings. The van der Waals surface area contributed by atoms with Crippen molar-refractivity contribution in [1.29, 1.82) is 0 Å². The highest BCUT2D eigenvalue weighted by molar-refractivity contribution is 5.70. The molecule has 2 unspecified atom stereocenters. The monoisotopic (exact) mass is 1060 g/mol. The van der Waals surface area contributed by atoms with E-state index in [0.717, 1.165) is 38.5 Å². The number of unbranched alkanes of at least 4 members (excludes halogenated alkanes) is 48. The van der Waals surface area contributed by atoms with Crippen molar-refractivity contribution in [2.75, 3.05) is 47.5 Å². The second kappa shape index (κ2) is 58.4. The van der Waals surface area contributed by atoms with Crippen molar-refractivity contribution in [1.82, 2.24) is 0 Å². The summed E-state index contributed by atoms with van der Waals surface area (Å²) in [6, 6.07) is 0. The van der Waals surface area contributed by atoms with Crippen LogP contribution in [0.15, 0.2) is 0 Å². The third kappa shape index (κ3) is 59.8. The molecule has 0 aliphatic carbocycles. The molecule has 0 saturated carbocycles. The first-order valence-electron chi connectivity index (χ1n) is 33.2. The number of rotatable bonds is 63. The third-order valence-corrected chi connectivity index (χ3v) is 15.4. The van der Waals surface area contributed by atoms with Crippen LogP contribution in [0.5, 0.6) is 0 Å². The molecule has 0 spiro atoms. The largest absolute Gasteiger partial charge is 0.545 e. The molecular weight excluding hydrogens is 935 g/mol. The maximum atomic E-state index is 12.9. The summed E-state index contributed by atoms with van der Waals surface area (Å²) in [5.74, 6) is -2.25. The van der Waals surface area contributed by atoms with Gasteiger partial charge in [0.05, 0.1) is 40.3 Å². The first kappa shape index (κ1) is 73.3. The van der Waals surface area contributed by atoms with Gasteiger partial charge < -0.3 is 33.3 Å². The number of ether oxygens (including phenoxy) is 4. The summed E-state index contributed by atoms with van der Waals surface area (Å²) < 4.78 is 22.8. The van der Waals surface area contributed by atoms with Gasteiger partial charge in [-0.05, 0) is 12.8 Å². The van der Waals surface area contributed by atoms with Gasteiger partial charge in [-0.2, -0.15) is 0 Å². The van der Waals surface area contributed by atoms with Crippen LogP contribution >= 0.6 is 0 Å². The zero-order valence-electron chi connectivity index (χ0n) is 51.0. The molecule has 0 amide bonds. The van der Waals surface area contributed by atoms with Crippen molar-refractivity contribution in [3.8, 4) is 0 Å². The summed E-state index contributed by atoms with van der Waals surface area (Å²) in [6.45, 7) is 4.84. The molecule has 2 atom stereocenters. The van der Waals surface area contributed by atoms with Crippen LogP contribution in [0.3, 0.4) is 0 Å². The standard InChI is InChI=1S/C66H129NO8/c1-6-8-10-12-14-16-18-20-22-24-26-28-29-30-31-32-33-34-35-37-39-41-43-45-47-49-51-53-55-57-64(69)75-62(61-74-66(65(70)71)72-59-58-67(3,4)5)60-73-63(68)56-54-52-50-48-46-44-42-40-38-36-27-25-23-21-19-17-15-13-11-9-7-2/h62,66H,6-61H2,1-5H3. The van der Waals surface area contributed by atoms with Gasteiger partial charge >= 0.3 is 11.9 Å². The van der Waals surface area contributed by atoms with E-state index in [4.69, 9.17) is 18.9 Å². The summed E-state index contributed by atoms with van der Waals surface area (Å²) in [7, 11) is 5.94. The Kier molecular flexibility index (Phi) is 57.1. The van der Waals surface area contributed by atoms with Crippen molar-refractivity contribution in [3.05, 3.63) is 0 Å². The summed E-state index contributed by atoms with van der Waals surface area (Å²) in [5, 5.41) is 11.8. The number of quaternary nitrogens is 1. The molecule has 75 heavy (non-hydrogen) atoms. The lowest BCUT2D eigenvalue weighted by molar-refractivity contribution is -0.870. The summed E-state index contributed by atoms with van der Waals surface area (Å²) in [4.78, 5) is 37.4. The first-order chi connectivity index (χ1) is 36.6. The highest BCUT2D eigenvalue weighted by atomic mass is 16.7. The van der Waals surface area contributed by atoms with Crippen LogP contribution in [0.2, 0.25) is 0 Å². The maximum absolute atomic E-state index is 12.9. The minimum atomic E-state index is -1.61. The summed E-state index contributed by atoms with van der Waals surface area (Å²) in [5.41, 5.74) is 0. The number of likely N-dealkylation sites (N-methyl/N-ethyl adjacent to an activating group) is 1. The summed E-state index contributed by atoms with van der Waals surface area (Å²) >= 11 is 0. The fraction of sp³-hybridized carbons (Fsp3) is 0.955. The molecule has 0 aromatic heterocycles. The second-order valence-electron chi connectivity index (χ2n) is 24.1. The van der Waals surface area contributed by atoms with Gasteiger partial charge in [0.25, 0.3) is 0 Å². The normalized spacial score (nSPS) is 12.6. The van der Waals surface area contributed by atoms with E-state index in [1.807, 2.05) is 21.1 Å². The number of nitrogens with zero attached hydrogens (tertiary/aromatic N) is 1. The first-order valence-corrected chi connectivity index (χ1v) is 33.2. The van der Waals surface area contributed by atoms with Gasteiger partial charge in [0.1, 0.15) is 13.2 Å². The van der Waals surface area contributed by atoms with E-state index >= 15 is 0 Å². The Morgan fingerprint density at radius 1 is 0.347 bits per heavy atom. The number of esters is 2. The van der Waals surface area contributed by atoms with E-state index in [-0.39, 0.29) is 32.2 Å². The zero-order valence-corrected chi connectivity index (χ0v) is 51.0. The van der Waals surface area contributed by atoms with E-state index in [1.54, 1.807) is 0 Å². The van der Waals surface area contributed by atoms with Crippen molar-refractivity contribution < 1.29 is 42.9 Å². The topological polar surface area (TPSA) is 111 Å². The zero-order chi connectivity index (χ0) is 54.8. The molecule has 0 aromatic carbocycles. The highest BCUT2D eigenvalue weighted by Crippen LogP contribution is 2.19. The number of carboxylic acid groups (broad SMARTS) is 1. The molecule has 0 N–H and O–H groups in total. The number of carboxylic acids is 1. The molecule has 0 rings (SSSR count). The van der Waals surface area contributed by atoms with Crippen LogP contribution in [0.4, 0.5) is 0 Å². The lowest BCUT2D eigenvalue weighted by atomic mass is 10.0. The predicted octanol–water partition coefficient (Wildman–Crippen LogP) is 18.6. The van der Waals surface area contributed by atoms with Gasteiger partial charge in [-0.25, -0.2) is 0 Å². The Balaban J connectivity index is 4.07. The molecule has 0 aromatic rings. The van der Waals surface area contributed by atoms with Gasteiger partial charge in [0.2, 0.25) is 0 Å². The van der Waals surface area contributed by atoms with Gasteiger partial charge in [0.15, 0.2) is 12.4 Å². The van der Waals surface area contributed by atoms with Crippen molar-refractivity contribution in [2.24, 2.45) is 0 Å². The van der Waals surface area contributed by atoms with E-state index < -0.39 is 24.3 Å². The fourth-order valence-corrected chi connectivity index (χ4v) is 10.2. The average molecular weight is 1060 g/mol. The van der Waals surface area contributed by atoms with E-state index in [2.05, 4.69) is 13.8 Å². The van der Waals surface area contributed by atoms with Gasteiger partial charge in [-0.1, -0.05) is 322 Å². The van der Waals surface area contributed by atoms with Gasteiger partial charge in [-0.3, -0.25) is 9.59 Å². The van der Waals surface area contributed by atoms with Gasteiger partial charge in [-0.15, -0.1) is 0 Å². The minimum absolute atomic E-state index is 0.154. The lowest BCUT2D eigenvalue weighted by Crippen LogP contribution is -2.44. The van der Waals surface area contributed by atoms with Crippen LogP contribution in [0.1, 0.15) is 348 Å². The molecule has 0 bridgehead atoms. The Hall–Kier alpha value is -1.71. The summed E-state index contributed by atoms with van der Waals surface area (Å²) in [6.07, 6.45) is 64.6. The lowest BCUT2D eigenvalue weighted by Gasteiger charge is -2.26. The minimum Gasteiger partial charge on any atom is -0.545 e. The van der Waals surface area contributed by atoms with Crippen molar-refractivity contribution in [3.63, 3.8) is 0 Å². The molecule has 446 valence electrons. The Bertz CT molecular complexity index is 1190. The number of hydrogen-bond donors (Lipinski definition) is 0. The molecule has 0 saturated heterocycles. The number of carbonyl (C=O) groups excluding carboxylic acids is 3. The fourth-order valence-electron chi connectivity index (χ4n) is 10.2. The predicted molar refractivity (Wildman–Crippen MR) is 316 cm³/mol.